The van der Waals surface area contributed by atoms with Crippen molar-refractivity contribution in [2.75, 3.05) is 14.2 Å². The molecule has 8 heteroatoms. The molecule has 138 valence electrons. The molecule has 8 nitrogen and oxygen atoms in total. The molecule has 0 saturated carbocycles. The Kier molecular flexibility index (Phi) is 6.37. The molecule has 0 spiro atoms. The van der Waals surface area contributed by atoms with Crippen molar-refractivity contribution in [1.29, 1.82) is 0 Å². The van der Waals surface area contributed by atoms with Crippen molar-refractivity contribution in [3.8, 4) is 17.2 Å². The zero-order valence-electron chi connectivity index (χ0n) is 14.7. The average Bonchev–Trinajstić information content (AvgIpc) is 2.65. The fraction of sp³-hybridized carbons (Fsp3) is 0.278. The van der Waals surface area contributed by atoms with Gasteiger partial charge in [-0.3, -0.25) is 14.9 Å². The highest BCUT2D eigenvalue weighted by Gasteiger charge is 2.16. The first-order chi connectivity index (χ1) is 12.4. The first kappa shape index (κ1) is 19.0. The molecular formula is C18H20N2O6. The molecule has 2 aromatic rings. The minimum Gasteiger partial charge on any atom is -0.493 e. The molecule has 0 fully saturated rings. The van der Waals surface area contributed by atoms with Gasteiger partial charge in [-0.25, -0.2) is 0 Å². The molecule has 0 aliphatic carbocycles. The molecule has 0 aliphatic rings. The van der Waals surface area contributed by atoms with Crippen LogP contribution in [0.15, 0.2) is 42.5 Å². The number of nitro benzene ring substituents is 1. The van der Waals surface area contributed by atoms with Crippen molar-refractivity contribution in [2.24, 2.45) is 0 Å². The van der Waals surface area contributed by atoms with Gasteiger partial charge in [0.2, 0.25) is 0 Å². The third-order valence-corrected chi connectivity index (χ3v) is 3.63. The number of carbonyl (C=O) groups is 1. The number of benzene rings is 2. The Morgan fingerprint density at radius 2 is 1.88 bits per heavy atom. The summed E-state index contributed by atoms with van der Waals surface area (Å²) in [5.41, 5.74) is 0.735. The van der Waals surface area contributed by atoms with Gasteiger partial charge in [0.1, 0.15) is 5.75 Å². The van der Waals surface area contributed by atoms with Crippen molar-refractivity contribution >= 4 is 11.6 Å². The Bertz CT molecular complexity index is 793. The predicted octanol–water partition coefficient (Wildman–Crippen LogP) is 2.70. The van der Waals surface area contributed by atoms with Gasteiger partial charge in [-0.05, 0) is 30.7 Å². The number of nitrogens with one attached hydrogen (secondary N) is 1. The van der Waals surface area contributed by atoms with Crippen molar-refractivity contribution in [3.63, 3.8) is 0 Å². The van der Waals surface area contributed by atoms with Gasteiger partial charge in [-0.2, -0.15) is 0 Å². The molecule has 26 heavy (non-hydrogen) atoms. The monoisotopic (exact) mass is 360 g/mol. The molecule has 0 radical (unpaired) electrons. The SMILES string of the molecule is COc1ccc(CNC(=O)[C@H](C)Oc2cccc([N+](=O)[O-])c2)cc1OC. The van der Waals surface area contributed by atoms with E-state index in [9.17, 15) is 14.9 Å². The summed E-state index contributed by atoms with van der Waals surface area (Å²) in [5.74, 6) is 1.09. The van der Waals surface area contributed by atoms with E-state index in [-0.39, 0.29) is 23.9 Å². The number of nitrogens with zero attached hydrogens (tertiary/aromatic N) is 1. The molecule has 0 aliphatic heterocycles. The second-order valence-electron chi connectivity index (χ2n) is 5.42. The molecule has 0 bridgehead atoms. The summed E-state index contributed by atoms with van der Waals surface area (Å²) in [6, 6.07) is 11.0. The number of hydrogen-bond acceptors (Lipinski definition) is 6. The number of non-ortho nitro benzene ring substituents is 1. The topological polar surface area (TPSA) is 99.9 Å². The van der Waals surface area contributed by atoms with Crippen LogP contribution in [0, 0.1) is 10.1 Å². The van der Waals surface area contributed by atoms with Crippen molar-refractivity contribution in [3.05, 3.63) is 58.1 Å². The van der Waals surface area contributed by atoms with Gasteiger partial charge in [-0.1, -0.05) is 12.1 Å². The van der Waals surface area contributed by atoms with E-state index in [4.69, 9.17) is 14.2 Å². The standard InChI is InChI=1S/C18H20N2O6/c1-12(26-15-6-4-5-14(10-15)20(22)23)18(21)19-11-13-7-8-16(24-2)17(9-13)25-3/h4-10,12H,11H2,1-3H3,(H,19,21)/t12-/m0/s1. The highest BCUT2D eigenvalue weighted by atomic mass is 16.6. The predicted molar refractivity (Wildman–Crippen MR) is 94.6 cm³/mol. The lowest BCUT2D eigenvalue weighted by atomic mass is 10.2. The summed E-state index contributed by atoms with van der Waals surface area (Å²) in [7, 11) is 3.08. The summed E-state index contributed by atoms with van der Waals surface area (Å²) in [5, 5.41) is 13.5. The lowest BCUT2D eigenvalue weighted by Crippen LogP contribution is -2.35. The number of nitro groups is 1. The minimum atomic E-state index is -0.808. The van der Waals surface area contributed by atoms with E-state index >= 15 is 0 Å². The minimum absolute atomic E-state index is 0.0968. The molecule has 1 N–H and O–H groups in total. The van der Waals surface area contributed by atoms with Gasteiger partial charge in [-0.15, -0.1) is 0 Å². The molecule has 0 heterocycles. The van der Waals surface area contributed by atoms with Crippen LogP contribution in [-0.4, -0.2) is 31.2 Å². The molecule has 0 unspecified atom stereocenters. The largest absolute Gasteiger partial charge is 0.493 e. The third kappa shape index (κ3) is 4.85. The number of amides is 1. The fourth-order valence-corrected chi connectivity index (χ4v) is 2.25. The van der Waals surface area contributed by atoms with Crippen LogP contribution in [-0.2, 0) is 11.3 Å². The van der Waals surface area contributed by atoms with Gasteiger partial charge >= 0.3 is 0 Å². The first-order valence-corrected chi connectivity index (χ1v) is 7.84. The maximum absolute atomic E-state index is 12.2. The van der Waals surface area contributed by atoms with E-state index in [0.29, 0.717) is 11.5 Å². The van der Waals surface area contributed by atoms with Crippen LogP contribution in [0.2, 0.25) is 0 Å². The van der Waals surface area contributed by atoms with Crippen LogP contribution in [0.4, 0.5) is 5.69 Å². The average molecular weight is 360 g/mol. The van der Waals surface area contributed by atoms with E-state index in [1.807, 2.05) is 6.07 Å². The molecule has 0 saturated heterocycles. The van der Waals surface area contributed by atoms with Crippen molar-refractivity contribution < 1.29 is 23.9 Å². The zero-order chi connectivity index (χ0) is 19.1. The lowest BCUT2D eigenvalue weighted by molar-refractivity contribution is -0.384. The van der Waals surface area contributed by atoms with Gasteiger partial charge < -0.3 is 19.5 Å². The molecule has 2 rings (SSSR count). The Morgan fingerprint density at radius 1 is 1.15 bits per heavy atom. The molecule has 2 aromatic carbocycles. The van der Waals surface area contributed by atoms with Crippen molar-refractivity contribution in [1.82, 2.24) is 5.32 Å². The van der Waals surface area contributed by atoms with E-state index < -0.39 is 11.0 Å². The zero-order valence-corrected chi connectivity index (χ0v) is 14.7. The normalized spacial score (nSPS) is 11.3. The number of hydrogen-bond donors (Lipinski definition) is 1. The Labute approximate surface area is 150 Å². The smallest absolute Gasteiger partial charge is 0.273 e. The van der Waals surface area contributed by atoms with Crippen molar-refractivity contribution in [2.45, 2.75) is 19.6 Å². The number of rotatable bonds is 8. The highest BCUT2D eigenvalue weighted by Crippen LogP contribution is 2.27. The Balaban J connectivity index is 1.95. The second-order valence-corrected chi connectivity index (χ2v) is 5.42. The fourth-order valence-electron chi connectivity index (χ4n) is 2.25. The number of carbonyl (C=O) groups excluding carboxylic acids is 1. The second kappa shape index (κ2) is 8.70. The summed E-state index contributed by atoms with van der Waals surface area (Å²) in [6.07, 6.45) is -0.808. The molecule has 1 atom stereocenters. The Hall–Kier alpha value is -3.29. The number of ether oxygens (including phenoxy) is 3. The first-order valence-electron chi connectivity index (χ1n) is 7.84. The van der Waals surface area contributed by atoms with E-state index in [0.717, 1.165) is 5.56 Å². The van der Waals surface area contributed by atoms with E-state index in [1.165, 1.54) is 25.3 Å². The van der Waals surface area contributed by atoms with E-state index in [2.05, 4.69) is 5.32 Å². The van der Waals surface area contributed by atoms with Gasteiger partial charge in [0.25, 0.3) is 11.6 Å². The van der Waals surface area contributed by atoms with Crippen LogP contribution in [0.1, 0.15) is 12.5 Å². The third-order valence-electron chi connectivity index (χ3n) is 3.63. The van der Waals surface area contributed by atoms with Gasteiger partial charge in [0.05, 0.1) is 25.2 Å². The van der Waals surface area contributed by atoms with Gasteiger partial charge in [0, 0.05) is 12.6 Å². The summed E-state index contributed by atoms with van der Waals surface area (Å²) in [6.45, 7) is 1.85. The quantitative estimate of drug-likeness (QED) is 0.574. The number of methoxy groups -OCH3 is 2. The van der Waals surface area contributed by atoms with E-state index in [1.54, 1.807) is 32.2 Å². The maximum Gasteiger partial charge on any atom is 0.273 e. The van der Waals surface area contributed by atoms with Crippen LogP contribution < -0.4 is 19.5 Å². The summed E-state index contributed by atoms with van der Waals surface area (Å²) < 4.78 is 15.9. The maximum atomic E-state index is 12.2. The van der Waals surface area contributed by atoms with Gasteiger partial charge in [0.15, 0.2) is 17.6 Å². The van der Waals surface area contributed by atoms with Crippen LogP contribution in [0.25, 0.3) is 0 Å². The molecular weight excluding hydrogens is 340 g/mol. The van der Waals surface area contributed by atoms with Crippen LogP contribution >= 0.6 is 0 Å². The van der Waals surface area contributed by atoms with Crippen LogP contribution in [0.3, 0.4) is 0 Å². The summed E-state index contributed by atoms with van der Waals surface area (Å²) >= 11 is 0. The molecule has 0 aromatic heterocycles. The lowest BCUT2D eigenvalue weighted by Gasteiger charge is -2.15. The highest BCUT2D eigenvalue weighted by molar-refractivity contribution is 5.80. The van der Waals surface area contributed by atoms with Crippen LogP contribution in [0.5, 0.6) is 17.2 Å². The molecule has 1 amide bonds. The Morgan fingerprint density at radius 3 is 2.54 bits per heavy atom. The summed E-state index contributed by atoms with van der Waals surface area (Å²) in [4.78, 5) is 22.5.